The van der Waals surface area contributed by atoms with E-state index in [1.807, 2.05) is 0 Å². The minimum absolute atomic E-state index is 0.263. The fourth-order valence-corrected chi connectivity index (χ4v) is 1.04. The molecule has 0 fully saturated rings. The van der Waals surface area contributed by atoms with Crippen LogP contribution in [0.15, 0.2) is 6.07 Å². The Kier molecular flexibility index (Phi) is 3.43. The van der Waals surface area contributed by atoms with Crippen molar-refractivity contribution in [3.05, 3.63) is 11.2 Å². The number of hydrogen-bond acceptors (Lipinski definition) is 5. The van der Waals surface area contributed by atoms with Crippen LogP contribution in [0.1, 0.15) is 0 Å². The van der Waals surface area contributed by atoms with Gasteiger partial charge < -0.3 is 9.50 Å². The summed E-state index contributed by atoms with van der Waals surface area (Å²) in [6, 6.07) is 1.88. The van der Waals surface area contributed by atoms with E-state index in [1.165, 1.54) is 12.0 Å². The molecule has 66 valence electrons. The molecule has 0 amide bonds. The van der Waals surface area contributed by atoms with Crippen LogP contribution in [0, 0.1) is 0 Å². The minimum Gasteiger partial charge on any atom is -0.389 e. The first-order valence-electron chi connectivity index (χ1n) is 3.19. The van der Waals surface area contributed by atoms with Crippen molar-refractivity contribution in [1.29, 1.82) is 0 Å². The molecule has 6 heteroatoms. The summed E-state index contributed by atoms with van der Waals surface area (Å²) in [5.41, 5.74) is 0. The molecule has 0 atom stereocenters. The molecule has 0 saturated heterocycles. The monoisotopic (exact) mass is 205 g/mol. The molecule has 1 aromatic rings. The van der Waals surface area contributed by atoms with E-state index >= 15 is 0 Å². The average molecular weight is 206 g/mol. The molecular weight excluding hydrogens is 198 g/mol. The van der Waals surface area contributed by atoms with Gasteiger partial charge in [-0.3, -0.25) is 0 Å². The summed E-state index contributed by atoms with van der Waals surface area (Å²) >= 11 is 6.86. The van der Waals surface area contributed by atoms with Crippen LogP contribution in [0.4, 0.5) is 5.82 Å². The lowest BCUT2D eigenvalue weighted by atomic mass is 10.6. The quantitative estimate of drug-likeness (QED) is 0.603. The molecule has 0 aliphatic heterocycles. The van der Waals surface area contributed by atoms with Crippen LogP contribution in [0.5, 0.6) is 6.01 Å². The van der Waals surface area contributed by atoms with Crippen LogP contribution in [-0.2, 0) is 0 Å². The number of halogens is 1. The number of nitrogens with zero attached hydrogens (tertiary/aromatic N) is 2. The fourth-order valence-electron chi connectivity index (χ4n) is 0.637. The highest BCUT2D eigenvalue weighted by Gasteiger charge is 2.01. The van der Waals surface area contributed by atoms with Crippen LogP contribution in [-0.4, -0.2) is 23.3 Å². The summed E-state index contributed by atoms with van der Waals surface area (Å²) in [6.07, 6.45) is 1.78. The smallest absolute Gasteiger partial charge is 0.332 e. The summed E-state index contributed by atoms with van der Waals surface area (Å²) in [7, 11) is 1.75. The van der Waals surface area contributed by atoms with Crippen molar-refractivity contribution < 1.29 is 4.18 Å². The zero-order valence-corrected chi connectivity index (χ0v) is 8.24. The molecule has 0 aliphatic carbocycles. The summed E-state index contributed by atoms with van der Waals surface area (Å²) in [6.45, 7) is 0. The minimum atomic E-state index is 0.263. The van der Waals surface area contributed by atoms with Crippen LogP contribution >= 0.6 is 23.6 Å². The molecule has 0 spiro atoms. The lowest BCUT2D eigenvalue weighted by Crippen LogP contribution is -1.96. The van der Waals surface area contributed by atoms with Crippen LogP contribution < -0.4 is 9.50 Å². The van der Waals surface area contributed by atoms with Gasteiger partial charge in [0.15, 0.2) is 0 Å². The molecule has 0 aliphatic rings. The third kappa shape index (κ3) is 2.42. The Hall–Kier alpha value is -0.680. The van der Waals surface area contributed by atoms with E-state index in [-0.39, 0.29) is 6.01 Å². The van der Waals surface area contributed by atoms with Crippen molar-refractivity contribution in [3.8, 4) is 6.01 Å². The predicted molar refractivity (Wildman–Crippen MR) is 50.7 cm³/mol. The largest absolute Gasteiger partial charge is 0.389 e. The number of nitrogens with one attached hydrogen (secondary N) is 1. The standard InChI is InChI=1S/C6H8ClN3OS/c1-8-5-3-4(7)9-6(10-5)11-12-2/h3H,1-2H3,(H,8,9,10). The van der Waals surface area contributed by atoms with Crippen molar-refractivity contribution in [2.24, 2.45) is 0 Å². The highest BCUT2D eigenvalue weighted by molar-refractivity contribution is 7.94. The normalized spacial score (nSPS) is 9.58. The molecule has 0 radical (unpaired) electrons. The highest BCUT2D eigenvalue weighted by atomic mass is 35.5. The van der Waals surface area contributed by atoms with Gasteiger partial charge in [0, 0.05) is 19.4 Å². The second-order valence-electron chi connectivity index (χ2n) is 1.86. The van der Waals surface area contributed by atoms with Crippen molar-refractivity contribution in [3.63, 3.8) is 0 Å². The molecule has 1 rings (SSSR count). The molecular formula is C6H8ClN3OS. The number of aromatic nitrogens is 2. The Morgan fingerprint density at radius 1 is 1.58 bits per heavy atom. The van der Waals surface area contributed by atoms with Crippen molar-refractivity contribution in [2.45, 2.75) is 0 Å². The van der Waals surface area contributed by atoms with E-state index in [1.54, 1.807) is 19.4 Å². The van der Waals surface area contributed by atoms with E-state index in [9.17, 15) is 0 Å². The number of rotatable bonds is 3. The molecule has 4 nitrogen and oxygen atoms in total. The maximum Gasteiger partial charge on any atom is 0.332 e. The first-order valence-corrected chi connectivity index (χ1v) is 4.72. The second kappa shape index (κ2) is 4.37. The maximum absolute atomic E-state index is 5.68. The van der Waals surface area contributed by atoms with E-state index in [2.05, 4.69) is 15.3 Å². The van der Waals surface area contributed by atoms with Gasteiger partial charge in [-0.15, -0.1) is 0 Å². The van der Waals surface area contributed by atoms with Gasteiger partial charge in [0.25, 0.3) is 0 Å². The van der Waals surface area contributed by atoms with Gasteiger partial charge in [-0.1, -0.05) is 11.6 Å². The Morgan fingerprint density at radius 2 is 2.33 bits per heavy atom. The number of anilines is 1. The van der Waals surface area contributed by atoms with Gasteiger partial charge in [0.05, 0.1) is 12.0 Å². The van der Waals surface area contributed by atoms with E-state index in [4.69, 9.17) is 15.8 Å². The fraction of sp³-hybridized carbons (Fsp3) is 0.333. The SMILES string of the molecule is CNc1cc(Cl)nc(OSC)n1. The van der Waals surface area contributed by atoms with Crippen molar-refractivity contribution in [1.82, 2.24) is 9.97 Å². The third-order valence-electron chi connectivity index (χ3n) is 1.09. The Labute approximate surface area is 79.9 Å². The molecule has 0 bridgehead atoms. The highest BCUT2D eigenvalue weighted by Crippen LogP contribution is 2.16. The Bertz CT molecular complexity index is 271. The average Bonchev–Trinajstić information content (AvgIpc) is 2.04. The van der Waals surface area contributed by atoms with E-state index in [0.717, 1.165) is 0 Å². The Balaban J connectivity index is 2.90. The molecule has 1 aromatic heterocycles. The van der Waals surface area contributed by atoms with Gasteiger partial charge >= 0.3 is 6.01 Å². The molecule has 0 unspecified atom stereocenters. The zero-order valence-electron chi connectivity index (χ0n) is 6.67. The molecule has 1 N–H and O–H groups in total. The Morgan fingerprint density at radius 3 is 2.92 bits per heavy atom. The predicted octanol–water partition coefficient (Wildman–Crippen LogP) is 1.83. The zero-order chi connectivity index (χ0) is 8.97. The van der Waals surface area contributed by atoms with Gasteiger partial charge in [-0.25, -0.2) is 0 Å². The molecule has 1 heterocycles. The van der Waals surface area contributed by atoms with Gasteiger partial charge in [0.2, 0.25) is 0 Å². The van der Waals surface area contributed by atoms with E-state index in [0.29, 0.717) is 11.0 Å². The molecule has 0 aromatic carbocycles. The summed E-state index contributed by atoms with van der Waals surface area (Å²) < 4.78 is 5.00. The summed E-state index contributed by atoms with van der Waals surface area (Å²) in [5.74, 6) is 0.638. The maximum atomic E-state index is 5.68. The van der Waals surface area contributed by atoms with Gasteiger partial charge in [0.1, 0.15) is 11.0 Å². The van der Waals surface area contributed by atoms with Crippen LogP contribution in [0.3, 0.4) is 0 Å². The first-order chi connectivity index (χ1) is 5.76. The van der Waals surface area contributed by atoms with Gasteiger partial charge in [-0.2, -0.15) is 9.97 Å². The van der Waals surface area contributed by atoms with Crippen LogP contribution in [0.25, 0.3) is 0 Å². The lowest BCUT2D eigenvalue weighted by molar-refractivity contribution is 0.589. The lowest BCUT2D eigenvalue weighted by Gasteiger charge is -2.02. The summed E-state index contributed by atoms with van der Waals surface area (Å²) in [5, 5.41) is 3.20. The van der Waals surface area contributed by atoms with Crippen LogP contribution in [0.2, 0.25) is 5.15 Å². The number of hydrogen-bond donors (Lipinski definition) is 1. The van der Waals surface area contributed by atoms with E-state index < -0.39 is 0 Å². The van der Waals surface area contributed by atoms with Crippen molar-refractivity contribution >= 4 is 29.5 Å². The molecule has 0 saturated carbocycles. The van der Waals surface area contributed by atoms with Crippen molar-refractivity contribution in [2.75, 3.05) is 18.6 Å². The summed E-state index contributed by atoms with van der Waals surface area (Å²) in [4.78, 5) is 7.83. The topological polar surface area (TPSA) is 47.0 Å². The molecule has 12 heavy (non-hydrogen) atoms. The first kappa shape index (κ1) is 9.41. The second-order valence-corrected chi connectivity index (χ2v) is 2.75. The third-order valence-corrected chi connectivity index (χ3v) is 1.60. The van der Waals surface area contributed by atoms with Gasteiger partial charge in [-0.05, 0) is 0 Å².